The van der Waals surface area contributed by atoms with Crippen LogP contribution in [0.15, 0.2) is 33.9 Å². The van der Waals surface area contributed by atoms with Crippen molar-refractivity contribution in [2.45, 2.75) is 50.3 Å². The smallest absolute Gasteiger partial charge is 0.408 e. The van der Waals surface area contributed by atoms with E-state index in [1.807, 2.05) is 0 Å². The maximum atomic E-state index is 13.6. The number of hydrogen-bond acceptors (Lipinski definition) is 6. The van der Waals surface area contributed by atoms with E-state index in [-0.39, 0.29) is 11.7 Å². The number of carbonyl (C=O) groups excluding carboxylic acids is 1. The van der Waals surface area contributed by atoms with Crippen molar-refractivity contribution in [1.29, 1.82) is 0 Å². The highest BCUT2D eigenvalue weighted by molar-refractivity contribution is 7.98. The molecule has 0 aliphatic carbocycles. The number of thioether (sulfide) groups is 1. The Labute approximate surface area is 144 Å². The quantitative estimate of drug-likeness (QED) is 0.816. The summed E-state index contributed by atoms with van der Waals surface area (Å²) in [6.07, 6.45) is -0.561. The van der Waals surface area contributed by atoms with Crippen LogP contribution < -0.4 is 5.32 Å². The Bertz CT molecular complexity index is 700. The van der Waals surface area contributed by atoms with E-state index in [1.165, 1.54) is 17.8 Å². The fraction of sp³-hybridized carbons (Fsp3) is 0.438. The summed E-state index contributed by atoms with van der Waals surface area (Å²) >= 11 is 1.23. The summed E-state index contributed by atoms with van der Waals surface area (Å²) in [5.74, 6) is 0.365. The Balaban J connectivity index is 1.90. The van der Waals surface area contributed by atoms with E-state index in [0.29, 0.717) is 16.5 Å². The zero-order chi connectivity index (χ0) is 17.7. The summed E-state index contributed by atoms with van der Waals surface area (Å²) in [6, 6.07) is 6.02. The SMILES string of the molecule is CC(NC(=O)OC(C)(C)C)c1nnc(SCc2ccccc2F)o1. The van der Waals surface area contributed by atoms with E-state index in [4.69, 9.17) is 9.15 Å². The van der Waals surface area contributed by atoms with Crippen molar-refractivity contribution in [3.8, 4) is 0 Å². The van der Waals surface area contributed by atoms with Gasteiger partial charge < -0.3 is 14.5 Å². The van der Waals surface area contributed by atoms with Crippen molar-refractivity contribution >= 4 is 17.9 Å². The van der Waals surface area contributed by atoms with Crippen LogP contribution in [0.25, 0.3) is 0 Å². The van der Waals surface area contributed by atoms with Gasteiger partial charge in [0.1, 0.15) is 17.5 Å². The number of halogens is 1. The third-order valence-electron chi connectivity index (χ3n) is 2.83. The number of rotatable bonds is 5. The summed E-state index contributed by atoms with van der Waals surface area (Å²) in [5, 5.41) is 10.7. The molecule has 1 heterocycles. The molecule has 0 saturated carbocycles. The number of alkyl carbamates (subject to hydrolysis) is 1. The van der Waals surface area contributed by atoms with Crippen LogP contribution in [-0.2, 0) is 10.5 Å². The minimum absolute atomic E-state index is 0.261. The molecule has 1 aromatic carbocycles. The minimum atomic E-state index is -0.584. The van der Waals surface area contributed by atoms with Crippen molar-refractivity contribution in [2.75, 3.05) is 0 Å². The van der Waals surface area contributed by atoms with Gasteiger partial charge in [0, 0.05) is 5.75 Å². The molecule has 6 nitrogen and oxygen atoms in total. The molecule has 1 N–H and O–H groups in total. The first-order valence-electron chi connectivity index (χ1n) is 7.44. The zero-order valence-corrected chi connectivity index (χ0v) is 14.8. The first-order chi connectivity index (χ1) is 11.2. The Morgan fingerprint density at radius 1 is 1.38 bits per heavy atom. The number of carbonyl (C=O) groups is 1. The summed E-state index contributed by atoms with van der Waals surface area (Å²) < 4.78 is 24.2. The molecule has 130 valence electrons. The van der Waals surface area contributed by atoms with Gasteiger partial charge in [-0.15, -0.1) is 10.2 Å². The summed E-state index contributed by atoms with van der Waals surface area (Å²) in [4.78, 5) is 11.7. The monoisotopic (exact) mass is 353 g/mol. The number of nitrogens with zero attached hydrogens (tertiary/aromatic N) is 2. The molecule has 1 aromatic heterocycles. The van der Waals surface area contributed by atoms with Crippen molar-refractivity contribution in [3.63, 3.8) is 0 Å². The van der Waals surface area contributed by atoms with Gasteiger partial charge in [-0.25, -0.2) is 9.18 Å². The van der Waals surface area contributed by atoms with Crippen molar-refractivity contribution in [3.05, 3.63) is 41.5 Å². The Hall–Kier alpha value is -2.09. The van der Waals surface area contributed by atoms with Crippen LogP contribution in [0.1, 0.15) is 45.2 Å². The molecule has 0 bridgehead atoms. The van der Waals surface area contributed by atoms with Gasteiger partial charge in [0.25, 0.3) is 5.22 Å². The van der Waals surface area contributed by atoms with Gasteiger partial charge in [-0.3, -0.25) is 0 Å². The maximum absolute atomic E-state index is 13.6. The molecule has 0 aliphatic rings. The fourth-order valence-corrected chi connectivity index (χ4v) is 2.51. The second-order valence-corrected chi connectivity index (χ2v) is 7.08. The van der Waals surface area contributed by atoms with E-state index < -0.39 is 17.7 Å². The molecular formula is C16H20FN3O3S. The Morgan fingerprint density at radius 2 is 2.08 bits per heavy atom. The molecule has 0 aliphatic heterocycles. The van der Waals surface area contributed by atoms with Crippen LogP contribution in [0.5, 0.6) is 0 Å². The molecule has 2 aromatic rings. The molecule has 0 fully saturated rings. The predicted molar refractivity (Wildman–Crippen MR) is 88.0 cm³/mol. The molecule has 0 saturated heterocycles. The molecule has 1 atom stereocenters. The van der Waals surface area contributed by atoms with Gasteiger partial charge in [-0.05, 0) is 39.3 Å². The van der Waals surface area contributed by atoms with Crippen LogP contribution in [0.4, 0.5) is 9.18 Å². The van der Waals surface area contributed by atoms with Gasteiger partial charge in [-0.1, -0.05) is 30.0 Å². The predicted octanol–water partition coefficient (Wildman–Crippen LogP) is 4.09. The van der Waals surface area contributed by atoms with Gasteiger partial charge in [0.05, 0.1) is 0 Å². The van der Waals surface area contributed by atoms with Gasteiger partial charge in [0.2, 0.25) is 5.89 Å². The van der Waals surface area contributed by atoms with E-state index >= 15 is 0 Å². The van der Waals surface area contributed by atoms with E-state index in [9.17, 15) is 9.18 Å². The molecule has 0 radical (unpaired) electrons. The lowest BCUT2D eigenvalue weighted by molar-refractivity contribution is 0.0500. The van der Waals surface area contributed by atoms with Crippen LogP contribution in [0.3, 0.4) is 0 Å². The van der Waals surface area contributed by atoms with Crippen LogP contribution >= 0.6 is 11.8 Å². The minimum Gasteiger partial charge on any atom is -0.444 e. The summed E-state index contributed by atoms with van der Waals surface area (Å²) in [5.41, 5.74) is -0.0263. The Morgan fingerprint density at radius 3 is 2.75 bits per heavy atom. The van der Waals surface area contributed by atoms with E-state index in [2.05, 4.69) is 15.5 Å². The Kier molecular flexibility index (Phi) is 5.82. The molecule has 2 rings (SSSR count). The molecule has 0 spiro atoms. The van der Waals surface area contributed by atoms with Crippen molar-refractivity contribution in [1.82, 2.24) is 15.5 Å². The number of aromatic nitrogens is 2. The van der Waals surface area contributed by atoms with Crippen LogP contribution in [0.2, 0.25) is 0 Å². The highest BCUT2D eigenvalue weighted by Crippen LogP contribution is 2.24. The highest BCUT2D eigenvalue weighted by atomic mass is 32.2. The average molecular weight is 353 g/mol. The van der Waals surface area contributed by atoms with Gasteiger partial charge >= 0.3 is 6.09 Å². The fourth-order valence-electron chi connectivity index (χ4n) is 1.75. The molecule has 1 amide bonds. The van der Waals surface area contributed by atoms with E-state index in [0.717, 1.165) is 0 Å². The lowest BCUT2D eigenvalue weighted by atomic mass is 10.2. The second-order valence-electron chi connectivity index (χ2n) is 6.15. The lowest BCUT2D eigenvalue weighted by Gasteiger charge is -2.20. The van der Waals surface area contributed by atoms with Gasteiger partial charge in [-0.2, -0.15) is 0 Å². The van der Waals surface area contributed by atoms with Crippen molar-refractivity contribution < 1.29 is 18.3 Å². The van der Waals surface area contributed by atoms with E-state index in [1.54, 1.807) is 45.9 Å². The third kappa shape index (κ3) is 5.52. The third-order valence-corrected chi connectivity index (χ3v) is 3.70. The normalized spacial score (nSPS) is 12.7. The average Bonchev–Trinajstić information content (AvgIpc) is 2.93. The molecule has 24 heavy (non-hydrogen) atoms. The molecule has 8 heteroatoms. The number of ether oxygens (including phenoxy) is 1. The van der Waals surface area contributed by atoms with Crippen molar-refractivity contribution in [2.24, 2.45) is 0 Å². The topological polar surface area (TPSA) is 77.2 Å². The lowest BCUT2D eigenvalue weighted by Crippen LogP contribution is -2.34. The van der Waals surface area contributed by atoms with Crippen LogP contribution in [-0.4, -0.2) is 21.9 Å². The summed E-state index contributed by atoms with van der Waals surface area (Å²) in [7, 11) is 0. The largest absolute Gasteiger partial charge is 0.444 e. The molecule has 1 unspecified atom stereocenters. The number of amides is 1. The number of hydrogen-bond donors (Lipinski definition) is 1. The summed E-state index contributed by atoms with van der Waals surface area (Å²) in [6.45, 7) is 7.05. The number of benzene rings is 1. The standard InChI is InChI=1S/C16H20FN3O3S/c1-10(18-14(21)23-16(2,3)4)13-19-20-15(22-13)24-9-11-7-5-6-8-12(11)17/h5-8,10H,9H2,1-4H3,(H,18,21). The molecular weight excluding hydrogens is 333 g/mol. The number of nitrogens with one attached hydrogen (secondary N) is 1. The van der Waals surface area contributed by atoms with Crippen LogP contribution in [0, 0.1) is 5.82 Å². The zero-order valence-electron chi connectivity index (χ0n) is 14.0. The first-order valence-corrected chi connectivity index (χ1v) is 8.42. The van der Waals surface area contributed by atoms with Gasteiger partial charge in [0.15, 0.2) is 0 Å². The maximum Gasteiger partial charge on any atom is 0.408 e. The first kappa shape index (κ1) is 18.3. The second kappa shape index (κ2) is 7.65. The highest BCUT2D eigenvalue weighted by Gasteiger charge is 2.21.